The summed E-state index contributed by atoms with van der Waals surface area (Å²) < 4.78 is 7.21. The quantitative estimate of drug-likeness (QED) is 0.797. The van der Waals surface area contributed by atoms with E-state index in [1.54, 1.807) is 24.2 Å². The van der Waals surface area contributed by atoms with Crippen molar-refractivity contribution in [2.75, 3.05) is 7.11 Å². The molecule has 6 nitrogen and oxygen atoms in total. The van der Waals surface area contributed by atoms with Crippen molar-refractivity contribution < 1.29 is 4.74 Å². The summed E-state index contributed by atoms with van der Waals surface area (Å²) in [5.74, 6) is 0.726. The summed E-state index contributed by atoms with van der Waals surface area (Å²) in [4.78, 5) is 4.17. The molecular formula is C16H17N5O. The molecule has 0 saturated carbocycles. The van der Waals surface area contributed by atoms with Crippen LogP contribution in [0.4, 0.5) is 0 Å². The van der Waals surface area contributed by atoms with Gasteiger partial charge in [-0.25, -0.2) is 4.68 Å². The van der Waals surface area contributed by atoms with Crippen LogP contribution in [0.5, 0.6) is 5.75 Å². The van der Waals surface area contributed by atoms with Crippen LogP contribution < -0.4 is 10.5 Å². The van der Waals surface area contributed by atoms with Crippen LogP contribution >= 0.6 is 0 Å². The predicted octanol–water partition coefficient (Wildman–Crippen LogP) is 2.11. The molecule has 1 aromatic carbocycles. The lowest BCUT2D eigenvalue weighted by Gasteiger charge is -2.12. The Morgan fingerprint density at radius 2 is 2.14 bits per heavy atom. The number of pyridine rings is 1. The first-order valence-corrected chi connectivity index (χ1v) is 6.94. The molecule has 0 unspecified atom stereocenters. The summed E-state index contributed by atoms with van der Waals surface area (Å²) in [6.45, 7) is 2.33. The molecule has 0 amide bonds. The van der Waals surface area contributed by atoms with Gasteiger partial charge in [-0.1, -0.05) is 11.3 Å². The minimum absolute atomic E-state index is 0.304. The second-order valence-electron chi connectivity index (χ2n) is 4.92. The standard InChI is InChI=1S/C16H17N5O/c1-11-5-6-15(22-2)14(8-11)21-16(13(9-17)19-20-21)12-4-3-7-18-10-12/h3-8,10H,9,17H2,1-2H3. The highest BCUT2D eigenvalue weighted by molar-refractivity contribution is 5.65. The summed E-state index contributed by atoms with van der Waals surface area (Å²) in [5, 5.41) is 8.46. The minimum atomic E-state index is 0.304. The predicted molar refractivity (Wildman–Crippen MR) is 83.8 cm³/mol. The molecule has 0 atom stereocenters. The first kappa shape index (κ1) is 14.2. The summed E-state index contributed by atoms with van der Waals surface area (Å²) in [6, 6.07) is 9.76. The molecule has 2 heterocycles. The number of aryl methyl sites for hydroxylation is 1. The van der Waals surface area contributed by atoms with E-state index >= 15 is 0 Å². The van der Waals surface area contributed by atoms with Crippen molar-refractivity contribution in [1.29, 1.82) is 0 Å². The van der Waals surface area contributed by atoms with Gasteiger partial charge in [0.1, 0.15) is 22.8 Å². The smallest absolute Gasteiger partial charge is 0.144 e. The third-order valence-corrected chi connectivity index (χ3v) is 3.43. The van der Waals surface area contributed by atoms with E-state index in [-0.39, 0.29) is 0 Å². The second-order valence-corrected chi connectivity index (χ2v) is 4.92. The first-order valence-electron chi connectivity index (χ1n) is 6.94. The van der Waals surface area contributed by atoms with E-state index in [0.717, 1.165) is 34.0 Å². The van der Waals surface area contributed by atoms with Crippen LogP contribution in [0, 0.1) is 6.92 Å². The molecule has 22 heavy (non-hydrogen) atoms. The number of rotatable bonds is 4. The zero-order valence-corrected chi connectivity index (χ0v) is 12.5. The number of ether oxygens (including phenoxy) is 1. The zero-order valence-electron chi connectivity index (χ0n) is 12.5. The molecule has 6 heteroatoms. The van der Waals surface area contributed by atoms with Crippen molar-refractivity contribution in [1.82, 2.24) is 20.0 Å². The Morgan fingerprint density at radius 1 is 1.27 bits per heavy atom. The van der Waals surface area contributed by atoms with Crippen LogP contribution in [0.1, 0.15) is 11.3 Å². The number of aromatic nitrogens is 4. The molecule has 3 aromatic rings. The molecule has 0 fully saturated rings. The van der Waals surface area contributed by atoms with Gasteiger partial charge < -0.3 is 10.5 Å². The van der Waals surface area contributed by atoms with E-state index in [4.69, 9.17) is 10.5 Å². The highest BCUT2D eigenvalue weighted by Gasteiger charge is 2.18. The maximum Gasteiger partial charge on any atom is 0.144 e. The Kier molecular flexibility index (Phi) is 3.84. The van der Waals surface area contributed by atoms with Crippen molar-refractivity contribution >= 4 is 0 Å². The van der Waals surface area contributed by atoms with E-state index in [1.807, 2.05) is 37.3 Å². The van der Waals surface area contributed by atoms with Gasteiger partial charge in [0.15, 0.2) is 0 Å². The van der Waals surface area contributed by atoms with Gasteiger partial charge in [-0.2, -0.15) is 0 Å². The molecule has 0 aliphatic carbocycles. The van der Waals surface area contributed by atoms with Crippen molar-refractivity contribution in [2.24, 2.45) is 5.73 Å². The molecule has 112 valence electrons. The molecule has 0 aliphatic heterocycles. The fourth-order valence-corrected chi connectivity index (χ4v) is 2.38. The van der Waals surface area contributed by atoms with Gasteiger partial charge in [0, 0.05) is 24.5 Å². The molecule has 0 spiro atoms. The topological polar surface area (TPSA) is 78.8 Å². The monoisotopic (exact) mass is 295 g/mol. The maximum atomic E-state index is 5.81. The van der Waals surface area contributed by atoms with Crippen molar-refractivity contribution in [3.8, 4) is 22.7 Å². The number of nitrogens with zero attached hydrogens (tertiary/aromatic N) is 4. The van der Waals surface area contributed by atoms with Crippen LogP contribution in [0.2, 0.25) is 0 Å². The molecule has 0 aliphatic rings. The highest BCUT2D eigenvalue weighted by Crippen LogP contribution is 2.29. The minimum Gasteiger partial charge on any atom is -0.494 e. The van der Waals surface area contributed by atoms with Gasteiger partial charge in [-0.05, 0) is 36.8 Å². The van der Waals surface area contributed by atoms with Crippen LogP contribution in [0.25, 0.3) is 16.9 Å². The lowest BCUT2D eigenvalue weighted by Crippen LogP contribution is -2.04. The van der Waals surface area contributed by atoms with Gasteiger partial charge in [0.2, 0.25) is 0 Å². The van der Waals surface area contributed by atoms with Crippen molar-refractivity contribution in [2.45, 2.75) is 13.5 Å². The highest BCUT2D eigenvalue weighted by atomic mass is 16.5. The van der Waals surface area contributed by atoms with Crippen LogP contribution in [0.15, 0.2) is 42.7 Å². The van der Waals surface area contributed by atoms with E-state index in [2.05, 4.69) is 15.3 Å². The van der Waals surface area contributed by atoms with Crippen molar-refractivity contribution in [3.05, 3.63) is 54.0 Å². The molecule has 0 bridgehead atoms. The van der Waals surface area contributed by atoms with Gasteiger partial charge >= 0.3 is 0 Å². The molecule has 2 N–H and O–H groups in total. The summed E-state index contributed by atoms with van der Waals surface area (Å²) in [6.07, 6.45) is 3.50. The average molecular weight is 295 g/mol. The number of methoxy groups -OCH3 is 1. The number of nitrogens with two attached hydrogens (primary N) is 1. The van der Waals surface area contributed by atoms with Crippen LogP contribution in [-0.4, -0.2) is 27.1 Å². The van der Waals surface area contributed by atoms with Crippen LogP contribution in [0.3, 0.4) is 0 Å². The lowest BCUT2D eigenvalue weighted by molar-refractivity contribution is 0.411. The fourth-order valence-electron chi connectivity index (χ4n) is 2.38. The normalized spacial score (nSPS) is 10.7. The summed E-state index contributed by atoms with van der Waals surface area (Å²) in [5.41, 5.74) is 10.2. The number of hydrogen-bond donors (Lipinski definition) is 1. The van der Waals surface area contributed by atoms with E-state index in [1.165, 1.54) is 0 Å². The first-order chi connectivity index (χ1) is 10.7. The summed E-state index contributed by atoms with van der Waals surface area (Å²) in [7, 11) is 1.64. The largest absolute Gasteiger partial charge is 0.494 e. The van der Waals surface area contributed by atoms with E-state index < -0.39 is 0 Å². The molecule has 3 rings (SSSR count). The Morgan fingerprint density at radius 3 is 2.82 bits per heavy atom. The van der Waals surface area contributed by atoms with Crippen molar-refractivity contribution in [3.63, 3.8) is 0 Å². The van der Waals surface area contributed by atoms with Gasteiger partial charge in [-0.15, -0.1) is 5.10 Å². The van der Waals surface area contributed by atoms with Gasteiger partial charge in [-0.3, -0.25) is 4.98 Å². The van der Waals surface area contributed by atoms with Gasteiger partial charge in [0.25, 0.3) is 0 Å². The van der Waals surface area contributed by atoms with Gasteiger partial charge in [0.05, 0.1) is 7.11 Å². The second kappa shape index (κ2) is 5.95. The van der Waals surface area contributed by atoms with Crippen LogP contribution in [-0.2, 0) is 6.54 Å². The lowest BCUT2D eigenvalue weighted by atomic mass is 10.1. The third-order valence-electron chi connectivity index (χ3n) is 3.43. The Bertz CT molecular complexity index is 782. The zero-order chi connectivity index (χ0) is 15.5. The Labute approximate surface area is 128 Å². The average Bonchev–Trinajstić information content (AvgIpc) is 2.99. The maximum absolute atomic E-state index is 5.81. The fraction of sp³-hybridized carbons (Fsp3) is 0.188. The molecule has 0 saturated heterocycles. The SMILES string of the molecule is COc1ccc(C)cc1-n1nnc(CN)c1-c1cccnc1. The Balaban J connectivity index is 2.25. The Hall–Kier alpha value is -2.73. The third kappa shape index (κ3) is 2.44. The number of benzene rings is 1. The molecule has 0 radical (unpaired) electrons. The van der Waals surface area contributed by atoms with E-state index in [9.17, 15) is 0 Å². The van der Waals surface area contributed by atoms with E-state index in [0.29, 0.717) is 6.54 Å². The molecule has 2 aromatic heterocycles. The molecular weight excluding hydrogens is 278 g/mol. The number of hydrogen-bond acceptors (Lipinski definition) is 5. The summed E-state index contributed by atoms with van der Waals surface area (Å²) >= 11 is 0.